The van der Waals surface area contributed by atoms with E-state index >= 15 is 0 Å². The summed E-state index contributed by atoms with van der Waals surface area (Å²) in [6.45, 7) is 5.84. The Labute approximate surface area is 232 Å². The molecule has 0 spiro atoms. The summed E-state index contributed by atoms with van der Waals surface area (Å²) in [5.74, 6) is -1.63. The molecule has 0 bridgehead atoms. The molecule has 0 amide bonds. The maximum absolute atomic E-state index is 13.3. The molecule has 0 saturated heterocycles. The van der Waals surface area contributed by atoms with E-state index in [4.69, 9.17) is 0 Å². The number of carbonyl (C=O) groups is 1. The first kappa shape index (κ1) is 30.0. The molecule has 0 radical (unpaired) electrons. The average Bonchev–Trinajstić information content (AvgIpc) is 2.93. The number of pyridine rings is 1. The van der Waals surface area contributed by atoms with Crippen LogP contribution in [0.15, 0.2) is 68.4 Å². The van der Waals surface area contributed by atoms with E-state index in [9.17, 15) is 33.5 Å². The average molecular weight is 565 g/mol. The number of benzene rings is 2. The van der Waals surface area contributed by atoms with Crippen molar-refractivity contribution in [3.8, 4) is 11.9 Å². The molecule has 0 aliphatic carbocycles. The lowest BCUT2D eigenvalue weighted by molar-refractivity contribution is -0.255. The van der Waals surface area contributed by atoms with Gasteiger partial charge in [0.2, 0.25) is 5.88 Å². The highest BCUT2D eigenvalue weighted by atomic mass is 32.2. The van der Waals surface area contributed by atoms with Crippen LogP contribution in [0.5, 0.6) is 5.88 Å². The zero-order chi connectivity index (χ0) is 29.4. The van der Waals surface area contributed by atoms with E-state index in [1.807, 2.05) is 13.0 Å². The monoisotopic (exact) mass is 564 g/mol. The number of aromatic nitrogens is 1. The molecule has 2 aromatic carbocycles. The number of carboxylic acids is 1. The van der Waals surface area contributed by atoms with Crippen molar-refractivity contribution in [2.24, 2.45) is 16.1 Å². The summed E-state index contributed by atoms with van der Waals surface area (Å²) in [7, 11) is -3.99. The largest absolute Gasteiger partial charge is 0.545 e. The number of hydrogen-bond donors (Lipinski definition) is 2. The maximum Gasteiger partial charge on any atom is 0.281 e. The summed E-state index contributed by atoms with van der Waals surface area (Å²) in [6, 6.07) is 12.4. The topological polar surface area (TPSA) is 177 Å². The number of rotatable bonds is 12. The number of nitrogens with zero attached hydrogens (tertiary/aromatic N) is 4. The summed E-state index contributed by atoms with van der Waals surface area (Å²) in [5.41, 5.74) is -0.181. The zero-order valence-electron chi connectivity index (χ0n) is 22.4. The molecule has 3 aromatic rings. The Balaban J connectivity index is 1.87. The van der Waals surface area contributed by atoms with Gasteiger partial charge in [-0.3, -0.25) is 14.1 Å². The van der Waals surface area contributed by atoms with Gasteiger partial charge in [-0.15, -0.1) is 5.11 Å². The van der Waals surface area contributed by atoms with E-state index in [-0.39, 0.29) is 51.1 Å². The van der Waals surface area contributed by atoms with E-state index in [0.29, 0.717) is 0 Å². The van der Waals surface area contributed by atoms with Gasteiger partial charge in [-0.05, 0) is 61.2 Å². The first-order valence-corrected chi connectivity index (χ1v) is 14.2. The predicted octanol–water partition coefficient (Wildman–Crippen LogP) is 4.53. The third-order valence-corrected chi connectivity index (χ3v) is 7.94. The molecule has 12 heteroatoms. The van der Waals surface area contributed by atoms with Gasteiger partial charge in [0.05, 0.1) is 16.6 Å². The predicted molar refractivity (Wildman–Crippen MR) is 147 cm³/mol. The van der Waals surface area contributed by atoms with Crippen LogP contribution in [0, 0.1) is 24.2 Å². The van der Waals surface area contributed by atoms with Crippen molar-refractivity contribution in [3.05, 3.63) is 75.6 Å². The second-order valence-corrected chi connectivity index (χ2v) is 11.0. The van der Waals surface area contributed by atoms with E-state index in [1.54, 1.807) is 0 Å². The first-order chi connectivity index (χ1) is 19.0. The number of carbonyl (C=O) groups excluding carboxylic acids is 1. The van der Waals surface area contributed by atoms with E-state index < -0.39 is 27.4 Å². The van der Waals surface area contributed by atoms with Crippen molar-refractivity contribution in [3.63, 3.8) is 0 Å². The Morgan fingerprint density at radius 1 is 1.12 bits per heavy atom. The summed E-state index contributed by atoms with van der Waals surface area (Å²) in [5, 5.41) is 39.3. The van der Waals surface area contributed by atoms with Gasteiger partial charge in [0.15, 0.2) is 5.69 Å². The molecular weight excluding hydrogens is 534 g/mol. The van der Waals surface area contributed by atoms with Gasteiger partial charge in [-0.2, -0.15) is 10.4 Å². The Kier molecular flexibility index (Phi) is 9.79. The van der Waals surface area contributed by atoms with Gasteiger partial charge < -0.3 is 15.0 Å². The number of nitriles is 1. The highest BCUT2D eigenvalue weighted by Gasteiger charge is 2.21. The van der Waals surface area contributed by atoms with Crippen molar-refractivity contribution in [2.75, 3.05) is 4.72 Å². The molecule has 1 heterocycles. The number of aromatic hydroxyl groups is 1. The molecule has 0 fully saturated rings. The van der Waals surface area contributed by atoms with Crippen LogP contribution in [0.25, 0.3) is 0 Å². The number of sulfonamides is 1. The molecule has 1 aromatic heterocycles. The van der Waals surface area contributed by atoms with Crippen LogP contribution in [0.1, 0.15) is 61.0 Å². The minimum Gasteiger partial charge on any atom is -0.545 e. The highest BCUT2D eigenvalue weighted by Crippen LogP contribution is 2.29. The standard InChI is InChI=1S/C28H31N5O6S/c1-4-6-7-19(5-2)17-33-26(34)24(16-29)18(3)25(27(33)35)31-30-21-12-14-23(15-13-21)40(38,39)32-22-10-8-20(9-11-22)28(36)37/h8-15,19,32,34H,4-7,17H2,1-3H3,(H,36,37)/p-1. The Hall–Kier alpha value is -4.50. The third-order valence-electron chi connectivity index (χ3n) is 6.54. The smallest absolute Gasteiger partial charge is 0.281 e. The summed E-state index contributed by atoms with van der Waals surface area (Å²) in [6.07, 6.45) is 3.66. The maximum atomic E-state index is 13.3. The molecule has 1 unspecified atom stereocenters. The normalized spacial score (nSPS) is 12.2. The number of azo groups is 1. The second kappa shape index (κ2) is 13.0. The highest BCUT2D eigenvalue weighted by molar-refractivity contribution is 7.92. The van der Waals surface area contributed by atoms with Gasteiger partial charge in [0.25, 0.3) is 15.6 Å². The summed E-state index contributed by atoms with van der Waals surface area (Å²) >= 11 is 0. The number of hydrogen-bond acceptors (Lipinski definition) is 9. The lowest BCUT2D eigenvalue weighted by atomic mass is 9.99. The summed E-state index contributed by atoms with van der Waals surface area (Å²) < 4.78 is 29.0. The van der Waals surface area contributed by atoms with Crippen molar-refractivity contribution in [1.29, 1.82) is 5.26 Å². The number of carboxylic acid groups (broad SMARTS) is 1. The van der Waals surface area contributed by atoms with Crippen molar-refractivity contribution < 1.29 is 23.4 Å². The molecule has 2 N–H and O–H groups in total. The number of anilines is 1. The van der Waals surface area contributed by atoms with Crippen LogP contribution >= 0.6 is 0 Å². The Morgan fingerprint density at radius 2 is 1.77 bits per heavy atom. The third kappa shape index (κ3) is 6.92. The van der Waals surface area contributed by atoms with Crippen molar-refractivity contribution in [2.45, 2.75) is 57.9 Å². The molecule has 0 aliphatic rings. The lowest BCUT2D eigenvalue weighted by Crippen LogP contribution is -2.25. The second-order valence-electron chi connectivity index (χ2n) is 9.28. The fourth-order valence-corrected chi connectivity index (χ4v) is 5.15. The number of aromatic carboxylic acids is 1. The van der Waals surface area contributed by atoms with Gasteiger partial charge >= 0.3 is 0 Å². The summed E-state index contributed by atoms with van der Waals surface area (Å²) in [4.78, 5) is 24.1. The van der Waals surface area contributed by atoms with Crippen molar-refractivity contribution >= 4 is 33.1 Å². The minimum atomic E-state index is -3.99. The van der Waals surface area contributed by atoms with E-state index in [2.05, 4.69) is 21.9 Å². The molecule has 3 rings (SSSR count). The van der Waals surface area contributed by atoms with Gasteiger partial charge in [0, 0.05) is 17.8 Å². The van der Waals surface area contributed by atoms with E-state index in [1.165, 1.54) is 60.0 Å². The lowest BCUT2D eigenvalue weighted by Gasteiger charge is -2.19. The van der Waals surface area contributed by atoms with Gasteiger partial charge in [0.1, 0.15) is 11.6 Å². The zero-order valence-corrected chi connectivity index (χ0v) is 23.2. The van der Waals surface area contributed by atoms with Crippen LogP contribution in [-0.2, 0) is 16.6 Å². The van der Waals surface area contributed by atoms with Crippen molar-refractivity contribution in [1.82, 2.24) is 4.57 Å². The molecule has 11 nitrogen and oxygen atoms in total. The van der Waals surface area contributed by atoms with Crippen LogP contribution < -0.4 is 15.4 Å². The molecular formula is C28H30N5O6S-. The molecule has 40 heavy (non-hydrogen) atoms. The van der Waals surface area contributed by atoms with Crippen LogP contribution in [-0.4, -0.2) is 24.1 Å². The SMILES string of the molecule is CCCCC(CC)Cn1c(O)c(C#N)c(C)c(N=Nc2ccc(S(=O)(=O)Nc3ccc(C(=O)[O-])cc3)cc2)c1=O. The Morgan fingerprint density at radius 3 is 2.33 bits per heavy atom. The fourth-order valence-electron chi connectivity index (χ4n) is 4.09. The van der Waals surface area contributed by atoms with Crippen LogP contribution in [0.2, 0.25) is 0 Å². The van der Waals surface area contributed by atoms with E-state index in [0.717, 1.165) is 25.7 Å². The fraction of sp³-hybridized carbons (Fsp3) is 0.321. The quantitative estimate of drug-likeness (QED) is 0.303. The van der Waals surface area contributed by atoms with Gasteiger partial charge in [-0.25, -0.2) is 8.42 Å². The number of unbranched alkanes of at least 4 members (excludes halogenated alkanes) is 1. The van der Waals surface area contributed by atoms with Gasteiger partial charge in [-0.1, -0.05) is 45.2 Å². The Bertz CT molecular complexity index is 1610. The first-order valence-electron chi connectivity index (χ1n) is 12.7. The number of nitrogens with one attached hydrogen (secondary N) is 1. The minimum absolute atomic E-state index is 0.0564. The molecule has 0 saturated carbocycles. The molecule has 1 atom stereocenters. The molecule has 210 valence electrons. The van der Waals surface area contributed by atoms with Crippen LogP contribution in [0.4, 0.5) is 17.1 Å². The molecule has 0 aliphatic heterocycles. The van der Waals surface area contributed by atoms with Crippen LogP contribution in [0.3, 0.4) is 0 Å².